The number of hydrogen-bond donors (Lipinski definition) is 2. The van der Waals surface area contributed by atoms with Crippen molar-refractivity contribution in [2.45, 2.75) is 25.8 Å². The van der Waals surface area contributed by atoms with Crippen LogP contribution in [-0.4, -0.2) is 32.4 Å². The van der Waals surface area contributed by atoms with E-state index < -0.39 is 17.4 Å². The van der Waals surface area contributed by atoms with Gasteiger partial charge in [0.1, 0.15) is 11.2 Å². The smallest absolute Gasteiger partial charge is 0.303 e. The summed E-state index contributed by atoms with van der Waals surface area (Å²) in [6, 6.07) is 4.74. The fourth-order valence-corrected chi connectivity index (χ4v) is 1.90. The highest BCUT2D eigenvalue weighted by atomic mass is 16.4. The second kappa shape index (κ2) is 6.17. The Morgan fingerprint density at radius 3 is 2.90 bits per heavy atom. The number of nitrogens with one attached hydrogen (secondary N) is 1. The third-order valence-corrected chi connectivity index (χ3v) is 3.03. The molecule has 21 heavy (non-hydrogen) atoms. The number of carboxylic acid groups (broad SMARTS) is 1. The van der Waals surface area contributed by atoms with Gasteiger partial charge in [0.25, 0.3) is 11.5 Å². The molecule has 0 aliphatic heterocycles. The Morgan fingerprint density at radius 2 is 2.19 bits per heavy atom. The van der Waals surface area contributed by atoms with Crippen LogP contribution in [-0.2, 0) is 4.79 Å². The summed E-state index contributed by atoms with van der Waals surface area (Å²) in [5.74, 6) is -1.48. The number of aromatic nitrogens is 2. The average molecular weight is 289 g/mol. The number of nitrogens with zero attached hydrogens (tertiary/aromatic N) is 2. The summed E-state index contributed by atoms with van der Waals surface area (Å²) in [5, 5.41) is 11.2. The third kappa shape index (κ3) is 3.44. The molecule has 2 rings (SSSR count). The van der Waals surface area contributed by atoms with Crippen LogP contribution in [0.25, 0.3) is 5.65 Å². The van der Waals surface area contributed by atoms with Gasteiger partial charge < -0.3 is 10.4 Å². The van der Waals surface area contributed by atoms with Crippen LogP contribution >= 0.6 is 0 Å². The van der Waals surface area contributed by atoms with E-state index >= 15 is 0 Å². The SMILES string of the molecule is CC(CCC(=O)O)NC(=O)c1cnc2ccccn2c1=O. The van der Waals surface area contributed by atoms with E-state index in [-0.39, 0.29) is 18.0 Å². The van der Waals surface area contributed by atoms with E-state index in [0.717, 1.165) is 0 Å². The minimum Gasteiger partial charge on any atom is -0.481 e. The number of aliphatic carboxylic acids is 1. The van der Waals surface area contributed by atoms with E-state index in [1.165, 1.54) is 16.8 Å². The number of carbonyl (C=O) groups is 2. The molecule has 7 heteroatoms. The molecule has 1 atom stereocenters. The van der Waals surface area contributed by atoms with E-state index in [1.807, 2.05) is 0 Å². The fraction of sp³-hybridized carbons (Fsp3) is 0.286. The van der Waals surface area contributed by atoms with Gasteiger partial charge in [0.2, 0.25) is 0 Å². The lowest BCUT2D eigenvalue weighted by molar-refractivity contribution is -0.137. The summed E-state index contributed by atoms with van der Waals surface area (Å²) in [5.41, 5.74) is -0.0672. The molecule has 1 amide bonds. The van der Waals surface area contributed by atoms with Crippen molar-refractivity contribution in [1.82, 2.24) is 14.7 Å². The highest BCUT2D eigenvalue weighted by molar-refractivity contribution is 5.93. The Bertz CT molecular complexity index is 738. The lowest BCUT2D eigenvalue weighted by Gasteiger charge is -2.12. The minimum absolute atomic E-state index is 0.0452. The third-order valence-electron chi connectivity index (χ3n) is 3.03. The molecule has 110 valence electrons. The molecular formula is C14H15N3O4. The quantitative estimate of drug-likeness (QED) is 0.843. The van der Waals surface area contributed by atoms with Gasteiger partial charge in [0.05, 0.1) is 0 Å². The maximum absolute atomic E-state index is 12.2. The van der Waals surface area contributed by atoms with Gasteiger partial charge in [-0.05, 0) is 25.5 Å². The van der Waals surface area contributed by atoms with E-state index in [0.29, 0.717) is 12.1 Å². The van der Waals surface area contributed by atoms with Gasteiger partial charge in [0, 0.05) is 24.9 Å². The number of rotatable bonds is 5. The lowest BCUT2D eigenvalue weighted by atomic mass is 10.1. The van der Waals surface area contributed by atoms with E-state index in [2.05, 4.69) is 10.3 Å². The first-order valence-corrected chi connectivity index (χ1v) is 6.48. The first-order valence-electron chi connectivity index (χ1n) is 6.48. The zero-order valence-electron chi connectivity index (χ0n) is 11.4. The van der Waals surface area contributed by atoms with Crippen molar-refractivity contribution in [2.75, 3.05) is 0 Å². The van der Waals surface area contributed by atoms with Crippen molar-refractivity contribution < 1.29 is 14.7 Å². The molecule has 0 saturated carbocycles. The standard InChI is InChI=1S/C14H15N3O4/c1-9(5-6-12(18)19)16-13(20)10-8-15-11-4-2-3-7-17(11)14(10)21/h2-4,7-9H,5-6H2,1H3,(H,16,20)(H,18,19). The minimum atomic E-state index is -0.927. The summed E-state index contributed by atoms with van der Waals surface area (Å²) in [7, 11) is 0. The zero-order valence-corrected chi connectivity index (χ0v) is 11.4. The van der Waals surface area contributed by atoms with Crippen molar-refractivity contribution in [3.8, 4) is 0 Å². The van der Waals surface area contributed by atoms with Crippen molar-refractivity contribution >= 4 is 17.5 Å². The summed E-state index contributed by atoms with van der Waals surface area (Å²) >= 11 is 0. The van der Waals surface area contributed by atoms with Crippen molar-refractivity contribution in [3.63, 3.8) is 0 Å². The molecule has 2 aromatic heterocycles. The van der Waals surface area contributed by atoms with Crippen LogP contribution in [0.5, 0.6) is 0 Å². The zero-order chi connectivity index (χ0) is 15.4. The number of hydrogen-bond acceptors (Lipinski definition) is 4. The highest BCUT2D eigenvalue weighted by Gasteiger charge is 2.15. The van der Waals surface area contributed by atoms with Gasteiger partial charge in [-0.3, -0.25) is 18.8 Å². The topological polar surface area (TPSA) is 101 Å². The number of fused-ring (bicyclic) bond motifs is 1. The maximum atomic E-state index is 12.2. The fourth-order valence-electron chi connectivity index (χ4n) is 1.90. The molecule has 0 aromatic carbocycles. The normalized spacial score (nSPS) is 12.0. The highest BCUT2D eigenvalue weighted by Crippen LogP contribution is 2.00. The molecule has 0 radical (unpaired) electrons. The summed E-state index contributed by atoms with van der Waals surface area (Å²) in [6.45, 7) is 1.69. The molecule has 0 aliphatic rings. The molecule has 0 saturated heterocycles. The molecule has 0 aliphatic carbocycles. The van der Waals surface area contributed by atoms with Crippen LogP contribution < -0.4 is 10.9 Å². The van der Waals surface area contributed by atoms with Gasteiger partial charge in [-0.1, -0.05) is 6.07 Å². The molecule has 1 unspecified atom stereocenters. The molecule has 0 fully saturated rings. The van der Waals surface area contributed by atoms with Crippen LogP contribution in [0, 0.1) is 0 Å². The molecule has 0 spiro atoms. The molecular weight excluding hydrogens is 274 g/mol. The van der Waals surface area contributed by atoms with Crippen LogP contribution in [0.4, 0.5) is 0 Å². The molecule has 2 N–H and O–H groups in total. The van der Waals surface area contributed by atoms with E-state index in [1.54, 1.807) is 25.1 Å². The largest absolute Gasteiger partial charge is 0.481 e. The van der Waals surface area contributed by atoms with E-state index in [4.69, 9.17) is 5.11 Å². The molecule has 0 bridgehead atoms. The molecule has 2 aromatic rings. The first-order chi connectivity index (χ1) is 9.99. The Balaban J connectivity index is 2.18. The van der Waals surface area contributed by atoms with Crippen LogP contribution in [0.1, 0.15) is 30.1 Å². The second-order valence-electron chi connectivity index (χ2n) is 4.71. The summed E-state index contributed by atoms with van der Waals surface area (Å²) in [4.78, 5) is 38.8. The van der Waals surface area contributed by atoms with Crippen molar-refractivity contribution in [2.24, 2.45) is 0 Å². The van der Waals surface area contributed by atoms with Gasteiger partial charge in [-0.25, -0.2) is 4.98 Å². The van der Waals surface area contributed by atoms with Gasteiger partial charge in [-0.2, -0.15) is 0 Å². The number of amides is 1. The van der Waals surface area contributed by atoms with Gasteiger partial charge in [0.15, 0.2) is 0 Å². The van der Waals surface area contributed by atoms with Crippen LogP contribution in [0.15, 0.2) is 35.4 Å². The predicted octanol–water partition coefficient (Wildman–Crippen LogP) is 0.678. The monoisotopic (exact) mass is 289 g/mol. The van der Waals surface area contributed by atoms with Crippen LogP contribution in [0.2, 0.25) is 0 Å². The summed E-state index contributed by atoms with van der Waals surface area (Å²) in [6.07, 6.45) is 3.02. The van der Waals surface area contributed by atoms with Crippen molar-refractivity contribution in [3.05, 3.63) is 46.5 Å². The second-order valence-corrected chi connectivity index (χ2v) is 4.71. The molecule has 7 nitrogen and oxygen atoms in total. The number of carboxylic acids is 1. The lowest BCUT2D eigenvalue weighted by Crippen LogP contribution is -2.37. The first kappa shape index (κ1) is 14.7. The van der Waals surface area contributed by atoms with Crippen molar-refractivity contribution in [1.29, 1.82) is 0 Å². The average Bonchev–Trinajstić information content (AvgIpc) is 2.45. The maximum Gasteiger partial charge on any atom is 0.303 e. The molecule has 2 heterocycles. The Labute approximate surface area is 120 Å². The number of pyridine rings is 1. The van der Waals surface area contributed by atoms with E-state index in [9.17, 15) is 14.4 Å². The van der Waals surface area contributed by atoms with Crippen LogP contribution in [0.3, 0.4) is 0 Å². The van der Waals surface area contributed by atoms with Gasteiger partial charge in [-0.15, -0.1) is 0 Å². The van der Waals surface area contributed by atoms with Gasteiger partial charge >= 0.3 is 5.97 Å². The predicted molar refractivity (Wildman–Crippen MR) is 75.3 cm³/mol. The Kier molecular flexibility index (Phi) is 4.32. The number of carbonyl (C=O) groups excluding carboxylic acids is 1. The summed E-state index contributed by atoms with van der Waals surface area (Å²) < 4.78 is 1.29. The Hall–Kier alpha value is -2.70. The Morgan fingerprint density at radius 1 is 1.43 bits per heavy atom.